The molecule has 2 aromatic heterocycles. The topological polar surface area (TPSA) is 9.86 Å². The number of aryl methyl sites for hydroxylation is 1. The van der Waals surface area contributed by atoms with Crippen LogP contribution in [0.3, 0.4) is 0 Å². The SMILES string of the molecule is C(=C\c1ccc2c(c1)c1ccccc1n2-c1cccc2ccccc12)/c1ccc2c(c1)C1(CCc3ccccc31)c1cc(/C=C/c3ccc4c(c3)c3ccccc3n4-c3cccc4ccccc34)ccc1-2. The van der Waals surface area contributed by atoms with E-state index in [1.54, 1.807) is 0 Å². The number of fused-ring (bicyclic) bond motifs is 15. The highest BCUT2D eigenvalue weighted by Gasteiger charge is 2.48. The molecule has 0 N–H and O–H groups in total. The summed E-state index contributed by atoms with van der Waals surface area (Å²) in [6, 6.07) is 85.7. The molecule has 1 spiro atoms. The van der Waals surface area contributed by atoms with Crippen LogP contribution in [-0.2, 0) is 11.8 Å². The molecule has 71 heavy (non-hydrogen) atoms. The molecule has 11 aromatic carbocycles. The van der Waals surface area contributed by atoms with E-state index in [1.807, 2.05) is 0 Å². The van der Waals surface area contributed by atoms with Crippen molar-refractivity contribution in [1.29, 1.82) is 0 Å². The Hall–Kier alpha value is -8.98. The van der Waals surface area contributed by atoms with Crippen molar-refractivity contribution in [2.24, 2.45) is 0 Å². The van der Waals surface area contributed by atoms with Gasteiger partial charge in [0, 0.05) is 37.7 Å². The summed E-state index contributed by atoms with van der Waals surface area (Å²) in [5.41, 5.74) is 20.3. The molecule has 0 fully saturated rings. The lowest BCUT2D eigenvalue weighted by Gasteiger charge is -2.29. The number of hydrogen-bond acceptors (Lipinski definition) is 0. The fourth-order valence-corrected chi connectivity index (χ4v) is 12.7. The highest BCUT2D eigenvalue weighted by Crippen LogP contribution is 2.58. The van der Waals surface area contributed by atoms with Gasteiger partial charge in [0.25, 0.3) is 0 Å². The summed E-state index contributed by atoms with van der Waals surface area (Å²) in [6.07, 6.45) is 11.3. The van der Waals surface area contributed by atoms with Gasteiger partial charge in [-0.3, -0.25) is 0 Å². The Bertz CT molecular complexity index is 4150. The predicted molar refractivity (Wildman–Crippen MR) is 301 cm³/mol. The largest absolute Gasteiger partial charge is 0.309 e. The molecule has 13 aromatic rings. The molecule has 0 bridgehead atoms. The summed E-state index contributed by atoms with van der Waals surface area (Å²) in [6.45, 7) is 0. The fraction of sp³-hybridized carbons (Fsp3) is 0.0435. The van der Waals surface area contributed by atoms with Gasteiger partial charge in [0.2, 0.25) is 0 Å². The van der Waals surface area contributed by atoms with Crippen molar-refractivity contribution < 1.29 is 0 Å². The van der Waals surface area contributed by atoms with Gasteiger partial charge in [0.1, 0.15) is 0 Å². The monoisotopic (exact) mass is 902 g/mol. The van der Waals surface area contributed by atoms with Crippen molar-refractivity contribution in [2.75, 3.05) is 0 Å². The lowest BCUT2D eigenvalue weighted by molar-refractivity contribution is 0.626. The standard InChI is InChI=1S/C69H46N2/c1-4-18-52-49(13-1)16-11-25-63(52)70-65-23-9-6-20-56(65)58-41-45(33-37-67(58)70)27-29-47-31-35-54-55-36-32-48(44-62(55)69(61(54)43-47)40-39-51-15-3-8-22-60(51)69)30-28-46-34-38-68-59(42-46)57-21-7-10-24-66(57)71(68)64-26-12-17-50-14-2-5-19-53(50)64/h1-38,41-44H,39-40H2/b29-27+,30-28+. The molecule has 0 unspecified atom stereocenters. The van der Waals surface area contributed by atoms with Gasteiger partial charge < -0.3 is 9.13 Å². The van der Waals surface area contributed by atoms with Crippen LogP contribution >= 0.6 is 0 Å². The van der Waals surface area contributed by atoms with Crippen LogP contribution in [0.2, 0.25) is 0 Å². The Kier molecular flexibility index (Phi) is 8.73. The Morgan fingerprint density at radius 1 is 0.310 bits per heavy atom. The first-order valence-electron chi connectivity index (χ1n) is 24.9. The van der Waals surface area contributed by atoms with Crippen LogP contribution in [0.5, 0.6) is 0 Å². The highest BCUT2D eigenvalue weighted by molar-refractivity contribution is 6.12. The van der Waals surface area contributed by atoms with Gasteiger partial charge in [-0.2, -0.15) is 0 Å². The number of hydrogen-bond donors (Lipinski definition) is 0. The second-order valence-electron chi connectivity index (χ2n) is 19.6. The van der Waals surface area contributed by atoms with Crippen molar-refractivity contribution in [2.45, 2.75) is 18.3 Å². The molecule has 2 heterocycles. The van der Waals surface area contributed by atoms with Gasteiger partial charge in [-0.25, -0.2) is 0 Å². The van der Waals surface area contributed by atoms with Crippen LogP contribution in [0.25, 0.3) is 112 Å². The Morgan fingerprint density at radius 2 is 0.718 bits per heavy atom. The smallest absolute Gasteiger partial charge is 0.0541 e. The van der Waals surface area contributed by atoms with E-state index in [4.69, 9.17) is 0 Å². The summed E-state index contributed by atoms with van der Waals surface area (Å²) < 4.78 is 4.87. The molecule has 332 valence electrons. The van der Waals surface area contributed by atoms with Gasteiger partial charge in [0.05, 0.1) is 33.4 Å². The highest BCUT2D eigenvalue weighted by atomic mass is 15.0. The number of para-hydroxylation sites is 2. The third kappa shape index (κ3) is 6.01. The fourth-order valence-electron chi connectivity index (χ4n) is 12.7. The predicted octanol–water partition coefficient (Wildman–Crippen LogP) is 17.8. The molecule has 0 saturated carbocycles. The number of aromatic nitrogens is 2. The third-order valence-electron chi connectivity index (χ3n) is 15.9. The molecule has 0 amide bonds. The van der Waals surface area contributed by atoms with E-state index < -0.39 is 0 Å². The maximum Gasteiger partial charge on any atom is 0.0541 e. The lowest BCUT2D eigenvalue weighted by atomic mass is 9.73. The molecule has 0 aliphatic heterocycles. The Balaban J connectivity index is 0.789. The zero-order chi connectivity index (χ0) is 46.6. The summed E-state index contributed by atoms with van der Waals surface area (Å²) in [5.74, 6) is 0. The van der Waals surface area contributed by atoms with Crippen molar-refractivity contribution in [1.82, 2.24) is 9.13 Å². The van der Waals surface area contributed by atoms with Crippen LogP contribution in [0.1, 0.15) is 50.9 Å². The molecular weight excluding hydrogens is 857 g/mol. The number of benzene rings is 11. The summed E-state index contributed by atoms with van der Waals surface area (Å²) in [7, 11) is 0. The molecule has 0 radical (unpaired) electrons. The van der Waals surface area contributed by atoms with E-state index in [2.05, 4.69) is 264 Å². The first-order chi connectivity index (χ1) is 35.2. The molecule has 2 heteroatoms. The van der Waals surface area contributed by atoms with Gasteiger partial charge in [-0.1, -0.05) is 194 Å². The molecule has 15 rings (SSSR count). The first-order valence-corrected chi connectivity index (χ1v) is 24.9. The van der Waals surface area contributed by atoms with Crippen molar-refractivity contribution in [3.63, 3.8) is 0 Å². The average Bonchev–Trinajstić information content (AvgIpc) is 4.16. The van der Waals surface area contributed by atoms with E-state index in [9.17, 15) is 0 Å². The summed E-state index contributed by atoms with van der Waals surface area (Å²) >= 11 is 0. The van der Waals surface area contributed by atoms with E-state index in [0.717, 1.165) is 12.8 Å². The maximum absolute atomic E-state index is 2.48. The van der Waals surface area contributed by atoms with Crippen molar-refractivity contribution in [3.05, 3.63) is 275 Å². The van der Waals surface area contributed by atoms with Gasteiger partial charge in [0.15, 0.2) is 0 Å². The molecule has 0 saturated heterocycles. The van der Waals surface area contributed by atoms with E-state index in [1.165, 1.54) is 132 Å². The van der Waals surface area contributed by atoms with Gasteiger partial charge in [-0.15, -0.1) is 0 Å². The number of rotatable bonds is 6. The van der Waals surface area contributed by atoms with Crippen molar-refractivity contribution in [3.8, 4) is 22.5 Å². The summed E-state index contributed by atoms with van der Waals surface area (Å²) in [5, 5.41) is 10.0. The lowest BCUT2D eigenvalue weighted by Crippen LogP contribution is -2.23. The summed E-state index contributed by atoms with van der Waals surface area (Å²) in [4.78, 5) is 0. The zero-order valence-corrected chi connectivity index (χ0v) is 39.1. The van der Waals surface area contributed by atoms with Crippen LogP contribution in [0, 0.1) is 0 Å². The normalized spacial score (nSPS) is 13.8. The van der Waals surface area contributed by atoms with Crippen molar-refractivity contribution >= 4 is 89.5 Å². The van der Waals surface area contributed by atoms with Gasteiger partial charge >= 0.3 is 0 Å². The van der Waals surface area contributed by atoms with Gasteiger partial charge in [-0.05, 0) is 140 Å². The Morgan fingerprint density at radius 3 is 1.25 bits per heavy atom. The van der Waals surface area contributed by atoms with Crippen LogP contribution < -0.4 is 0 Å². The van der Waals surface area contributed by atoms with E-state index >= 15 is 0 Å². The zero-order valence-electron chi connectivity index (χ0n) is 39.1. The molecular formula is C69H46N2. The Labute approximate surface area is 412 Å². The van der Waals surface area contributed by atoms with Crippen LogP contribution in [0.4, 0.5) is 0 Å². The average molecular weight is 903 g/mol. The maximum atomic E-state index is 2.48. The minimum absolute atomic E-state index is 0.209. The van der Waals surface area contributed by atoms with Crippen LogP contribution in [0.15, 0.2) is 231 Å². The molecule has 2 aliphatic rings. The second-order valence-corrected chi connectivity index (χ2v) is 19.6. The minimum atomic E-state index is -0.209. The third-order valence-corrected chi connectivity index (χ3v) is 15.9. The molecule has 2 aliphatic carbocycles. The van der Waals surface area contributed by atoms with Crippen LogP contribution in [-0.4, -0.2) is 9.13 Å². The van der Waals surface area contributed by atoms with E-state index in [-0.39, 0.29) is 5.41 Å². The second kappa shape index (κ2) is 15.5. The molecule has 2 nitrogen and oxygen atoms in total. The minimum Gasteiger partial charge on any atom is -0.309 e. The number of nitrogens with zero attached hydrogens (tertiary/aromatic N) is 2. The molecule has 0 atom stereocenters. The first kappa shape index (κ1) is 40.0. The quantitative estimate of drug-likeness (QED) is 0.147. The van der Waals surface area contributed by atoms with E-state index in [0.29, 0.717) is 0 Å².